The highest BCUT2D eigenvalue weighted by Crippen LogP contribution is 2.33. The van der Waals surface area contributed by atoms with Crippen molar-refractivity contribution in [3.05, 3.63) is 18.2 Å². The molecule has 5 nitrogen and oxygen atoms in total. The number of ether oxygens (including phenoxy) is 1. The molecule has 2 heterocycles. The highest BCUT2D eigenvalue weighted by atomic mass is 19.1. The van der Waals surface area contributed by atoms with Gasteiger partial charge in [0.05, 0.1) is 5.69 Å². The molecule has 1 aromatic rings. The van der Waals surface area contributed by atoms with Gasteiger partial charge in [-0.05, 0) is 32.0 Å². The minimum Gasteiger partial charge on any atom is -0.489 e. The molecule has 0 aliphatic carbocycles. The molecule has 0 spiro atoms. The summed E-state index contributed by atoms with van der Waals surface area (Å²) < 4.78 is 18.0. The first-order valence-corrected chi connectivity index (χ1v) is 8.93. The van der Waals surface area contributed by atoms with Crippen LogP contribution in [0, 0.1) is 0 Å². The van der Waals surface area contributed by atoms with Gasteiger partial charge in [-0.25, -0.2) is 4.39 Å². The van der Waals surface area contributed by atoms with Crippen LogP contribution in [0.3, 0.4) is 0 Å². The average Bonchev–Trinajstić information content (AvgIpc) is 2.61. The largest absolute Gasteiger partial charge is 0.489 e. The van der Waals surface area contributed by atoms with Gasteiger partial charge in [-0.2, -0.15) is 0 Å². The van der Waals surface area contributed by atoms with Crippen molar-refractivity contribution in [1.82, 2.24) is 9.80 Å². The summed E-state index contributed by atoms with van der Waals surface area (Å²) in [6, 6.07) is 6.37. The van der Waals surface area contributed by atoms with Crippen molar-refractivity contribution in [3.63, 3.8) is 0 Å². The fourth-order valence-corrected chi connectivity index (χ4v) is 3.72. The Morgan fingerprint density at radius 2 is 1.83 bits per heavy atom. The summed E-state index contributed by atoms with van der Waals surface area (Å²) in [5, 5.41) is 0. The number of nitrogens with two attached hydrogens (primary N) is 1. The summed E-state index contributed by atoms with van der Waals surface area (Å²) in [7, 11) is 2.19. The summed E-state index contributed by atoms with van der Waals surface area (Å²) in [6.45, 7) is 6.29. The number of nitrogen functional groups attached to an aromatic ring is 1. The van der Waals surface area contributed by atoms with Crippen molar-refractivity contribution in [3.8, 4) is 5.75 Å². The second kappa shape index (κ2) is 8.03. The number of hydrogen-bond acceptors (Lipinski definition) is 5. The van der Waals surface area contributed by atoms with E-state index in [1.54, 1.807) is 6.07 Å². The maximum Gasteiger partial charge on any atom is 0.144 e. The number of piperidine rings is 1. The first-order chi connectivity index (χ1) is 11.7. The molecule has 0 atom stereocenters. The molecular weight excluding hydrogens is 307 g/mol. The third kappa shape index (κ3) is 4.11. The van der Waals surface area contributed by atoms with E-state index in [0.29, 0.717) is 17.5 Å². The number of alkyl halides is 1. The zero-order valence-corrected chi connectivity index (χ0v) is 14.6. The van der Waals surface area contributed by atoms with Crippen LogP contribution in [0.5, 0.6) is 5.75 Å². The number of hydrogen-bond donors (Lipinski definition) is 1. The molecule has 3 rings (SSSR count). The van der Waals surface area contributed by atoms with Crippen LogP contribution in [0.1, 0.15) is 12.8 Å². The Morgan fingerprint density at radius 1 is 1.12 bits per heavy atom. The van der Waals surface area contributed by atoms with Gasteiger partial charge in [-0.15, -0.1) is 0 Å². The number of nitrogens with zero attached hydrogens (tertiary/aromatic N) is 3. The summed E-state index contributed by atoms with van der Waals surface area (Å²) in [5.74, 6) is 0.700. The SMILES string of the molecule is CN1CCN(C2CCN(c3ccc(N)cc3OCCF)CC2)CC1. The Bertz CT molecular complexity index is 526. The molecule has 0 amide bonds. The van der Waals surface area contributed by atoms with Crippen molar-refractivity contribution in [1.29, 1.82) is 0 Å². The quantitative estimate of drug-likeness (QED) is 0.831. The van der Waals surface area contributed by atoms with E-state index in [1.807, 2.05) is 12.1 Å². The zero-order chi connectivity index (χ0) is 16.9. The lowest BCUT2D eigenvalue weighted by molar-refractivity contribution is 0.0981. The molecular formula is C18H29FN4O. The van der Waals surface area contributed by atoms with Crippen LogP contribution in [0.2, 0.25) is 0 Å². The molecule has 2 saturated heterocycles. The molecule has 1 aromatic carbocycles. The van der Waals surface area contributed by atoms with Crippen molar-refractivity contribution in [2.24, 2.45) is 0 Å². The number of likely N-dealkylation sites (N-methyl/N-ethyl adjacent to an activating group) is 1. The monoisotopic (exact) mass is 336 g/mol. The number of piperazine rings is 1. The van der Waals surface area contributed by atoms with Crippen LogP contribution < -0.4 is 15.4 Å². The molecule has 2 aliphatic rings. The van der Waals surface area contributed by atoms with E-state index in [0.717, 1.165) is 31.6 Å². The van der Waals surface area contributed by atoms with Crippen LogP contribution in [-0.2, 0) is 0 Å². The Kier molecular flexibility index (Phi) is 5.79. The van der Waals surface area contributed by atoms with Crippen molar-refractivity contribution >= 4 is 11.4 Å². The third-order valence-corrected chi connectivity index (χ3v) is 5.18. The van der Waals surface area contributed by atoms with Crippen molar-refractivity contribution in [2.75, 3.05) is 70.2 Å². The lowest BCUT2D eigenvalue weighted by Crippen LogP contribution is -2.52. The van der Waals surface area contributed by atoms with Crippen molar-refractivity contribution in [2.45, 2.75) is 18.9 Å². The Balaban J connectivity index is 1.60. The molecule has 24 heavy (non-hydrogen) atoms. The second-order valence-electron chi connectivity index (χ2n) is 6.82. The zero-order valence-electron chi connectivity index (χ0n) is 14.6. The first kappa shape index (κ1) is 17.3. The second-order valence-corrected chi connectivity index (χ2v) is 6.82. The average molecular weight is 336 g/mol. The number of benzene rings is 1. The van der Waals surface area contributed by atoms with Gasteiger partial charge in [0.2, 0.25) is 0 Å². The van der Waals surface area contributed by atoms with E-state index >= 15 is 0 Å². The Labute approximate surface area is 144 Å². The van der Waals surface area contributed by atoms with Gasteiger partial charge in [0.25, 0.3) is 0 Å². The molecule has 2 N–H and O–H groups in total. The maximum atomic E-state index is 12.5. The van der Waals surface area contributed by atoms with Gasteiger partial charge in [0.15, 0.2) is 0 Å². The van der Waals surface area contributed by atoms with Gasteiger partial charge in [0, 0.05) is 57.1 Å². The number of anilines is 2. The van der Waals surface area contributed by atoms with Gasteiger partial charge in [0.1, 0.15) is 19.0 Å². The lowest BCUT2D eigenvalue weighted by Gasteiger charge is -2.42. The van der Waals surface area contributed by atoms with Gasteiger partial charge >= 0.3 is 0 Å². The minimum atomic E-state index is -0.486. The van der Waals surface area contributed by atoms with Crippen LogP contribution >= 0.6 is 0 Å². The standard InChI is InChI=1S/C18H29FN4O/c1-21-9-11-22(12-10-21)16-4-7-23(8-5-16)17-3-2-15(20)14-18(17)24-13-6-19/h2-3,14,16H,4-13,20H2,1H3. The summed E-state index contributed by atoms with van der Waals surface area (Å²) in [5.41, 5.74) is 7.55. The van der Waals surface area contributed by atoms with Crippen LogP contribution in [0.4, 0.5) is 15.8 Å². The smallest absolute Gasteiger partial charge is 0.144 e. The van der Waals surface area contributed by atoms with E-state index in [4.69, 9.17) is 10.5 Å². The molecule has 6 heteroatoms. The third-order valence-electron chi connectivity index (χ3n) is 5.18. The fourth-order valence-electron chi connectivity index (χ4n) is 3.72. The summed E-state index contributed by atoms with van der Waals surface area (Å²) in [4.78, 5) is 7.38. The highest BCUT2D eigenvalue weighted by molar-refractivity contribution is 5.64. The van der Waals surface area contributed by atoms with E-state index in [-0.39, 0.29) is 6.61 Å². The first-order valence-electron chi connectivity index (χ1n) is 8.93. The predicted octanol–water partition coefficient (Wildman–Crippen LogP) is 1.83. The van der Waals surface area contributed by atoms with E-state index in [2.05, 4.69) is 21.7 Å². The molecule has 0 radical (unpaired) electrons. The predicted molar refractivity (Wildman–Crippen MR) is 96.6 cm³/mol. The molecule has 0 unspecified atom stereocenters. The molecule has 2 fully saturated rings. The fraction of sp³-hybridized carbons (Fsp3) is 0.667. The molecule has 0 saturated carbocycles. The van der Waals surface area contributed by atoms with Crippen molar-refractivity contribution < 1.29 is 9.13 Å². The summed E-state index contributed by atoms with van der Waals surface area (Å²) in [6.07, 6.45) is 2.33. The highest BCUT2D eigenvalue weighted by Gasteiger charge is 2.27. The summed E-state index contributed by atoms with van der Waals surface area (Å²) >= 11 is 0. The Hall–Kier alpha value is -1.53. The number of halogens is 1. The topological polar surface area (TPSA) is 45.0 Å². The normalized spacial score (nSPS) is 21.2. The van der Waals surface area contributed by atoms with Crippen LogP contribution in [0.25, 0.3) is 0 Å². The Morgan fingerprint density at radius 3 is 2.50 bits per heavy atom. The van der Waals surface area contributed by atoms with E-state index < -0.39 is 6.67 Å². The molecule has 0 aromatic heterocycles. The molecule has 2 aliphatic heterocycles. The van der Waals surface area contributed by atoms with E-state index in [1.165, 1.54) is 26.2 Å². The van der Waals surface area contributed by atoms with Gasteiger partial charge in [-0.3, -0.25) is 4.90 Å². The van der Waals surface area contributed by atoms with Crippen LogP contribution in [-0.4, -0.2) is 75.4 Å². The lowest BCUT2D eigenvalue weighted by atomic mass is 10.0. The maximum absolute atomic E-state index is 12.5. The minimum absolute atomic E-state index is 0.0776. The molecule has 134 valence electrons. The van der Waals surface area contributed by atoms with Crippen LogP contribution in [0.15, 0.2) is 18.2 Å². The van der Waals surface area contributed by atoms with Gasteiger partial charge in [-0.1, -0.05) is 0 Å². The van der Waals surface area contributed by atoms with E-state index in [9.17, 15) is 4.39 Å². The number of rotatable bonds is 5. The van der Waals surface area contributed by atoms with Gasteiger partial charge < -0.3 is 20.3 Å². The molecule has 0 bridgehead atoms.